The highest BCUT2D eigenvalue weighted by atomic mass is 16.5. The maximum atomic E-state index is 11.8. The van der Waals surface area contributed by atoms with Crippen LogP contribution in [0.3, 0.4) is 0 Å². The van der Waals surface area contributed by atoms with Crippen molar-refractivity contribution in [1.82, 2.24) is 10.2 Å². The Morgan fingerprint density at radius 2 is 2.15 bits per heavy atom. The third-order valence-electron chi connectivity index (χ3n) is 2.66. The third-order valence-corrected chi connectivity index (χ3v) is 2.66. The summed E-state index contributed by atoms with van der Waals surface area (Å²) in [4.78, 5) is 13.7. The Bertz CT molecular complexity index is 184. The van der Waals surface area contributed by atoms with E-state index in [0.717, 1.165) is 39.2 Å². The van der Waals surface area contributed by atoms with Gasteiger partial charge in [-0.15, -0.1) is 0 Å². The molecule has 4 heteroatoms. The van der Waals surface area contributed by atoms with E-state index in [-0.39, 0.29) is 5.92 Å². The maximum Gasteiger partial charge on any atom is 0.228 e. The van der Waals surface area contributed by atoms with Crippen molar-refractivity contribution in [3.63, 3.8) is 0 Å². The van der Waals surface area contributed by atoms with Crippen molar-refractivity contribution < 1.29 is 9.53 Å². The number of hydrogen-bond acceptors (Lipinski definition) is 3. The lowest BCUT2D eigenvalue weighted by molar-refractivity contribution is -0.137. The first-order valence-electron chi connectivity index (χ1n) is 4.95. The molecule has 13 heavy (non-hydrogen) atoms. The van der Waals surface area contributed by atoms with E-state index in [2.05, 4.69) is 5.32 Å². The molecule has 0 aromatic rings. The van der Waals surface area contributed by atoms with E-state index in [4.69, 9.17) is 4.74 Å². The predicted octanol–water partition coefficient (Wildman–Crippen LogP) is -0.545. The molecule has 2 aliphatic rings. The van der Waals surface area contributed by atoms with Gasteiger partial charge in [-0.25, -0.2) is 0 Å². The van der Waals surface area contributed by atoms with E-state index in [9.17, 15) is 4.79 Å². The molecule has 2 saturated heterocycles. The predicted molar refractivity (Wildman–Crippen MR) is 48.4 cm³/mol. The molecule has 0 atom stereocenters. The number of rotatable bonds is 1. The zero-order chi connectivity index (χ0) is 9.10. The summed E-state index contributed by atoms with van der Waals surface area (Å²) in [5, 5.41) is 3.12. The molecule has 1 amide bonds. The fourth-order valence-corrected chi connectivity index (χ4v) is 1.69. The van der Waals surface area contributed by atoms with E-state index in [1.807, 2.05) is 4.90 Å². The number of amides is 1. The number of nitrogens with zero attached hydrogens (tertiary/aromatic N) is 1. The van der Waals surface area contributed by atoms with Gasteiger partial charge in [-0.2, -0.15) is 0 Å². The fourth-order valence-electron chi connectivity index (χ4n) is 1.69. The maximum absolute atomic E-state index is 11.8. The molecular weight excluding hydrogens is 168 g/mol. The number of hydrogen-bond donors (Lipinski definition) is 1. The average molecular weight is 184 g/mol. The van der Waals surface area contributed by atoms with Gasteiger partial charge < -0.3 is 15.0 Å². The molecule has 0 aliphatic carbocycles. The van der Waals surface area contributed by atoms with E-state index < -0.39 is 0 Å². The van der Waals surface area contributed by atoms with Crippen LogP contribution < -0.4 is 5.32 Å². The van der Waals surface area contributed by atoms with Crippen LogP contribution in [0.25, 0.3) is 0 Å². The summed E-state index contributed by atoms with van der Waals surface area (Å²) in [6.45, 7) is 4.86. The summed E-state index contributed by atoms with van der Waals surface area (Å²) >= 11 is 0. The largest absolute Gasteiger partial charge is 0.380 e. The summed E-state index contributed by atoms with van der Waals surface area (Å²) in [6, 6.07) is 0. The second-order valence-corrected chi connectivity index (χ2v) is 3.65. The van der Waals surface area contributed by atoms with Crippen LogP contribution in [0.1, 0.15) is 6.42 Å². The zero-order valence-corrected chi connectivity index (χ0v) is 7.79. The van der Waals surface area contributed by atoms with Gasteiger partial charge >= 0.3 is 0 Å². The van der Waals surface area contributed by atoms with Gasteiger partial charge in [0, 0.05) is 32.8 Å². The summed E-state index contributed by atoms with van der Waals surface area (Å²) in [5.41, 5.74) is 0. The molecular formula is C9H16N2O2. The van der Waals surface area contributed by atoms with Crippen LogP contribution in [-0.2, 0) is 9.53 Å². The molecule has 0 spiro atoms. The molecule has 0 aromatic carbocycles. The third kappa shape index (κ3) is 2.00. The van der Waals surface area contributed by atoms with Crippen LogP contribution in [-0.4, -0.2) is 50.2 Å². The molecule has 4 nitrogen and oxygen atoms in total. The molecule has 0 bridgehead atoms. The van der Waals surface area contributed by atoms with Gasteiger partial charge in [0.2, 0.25) is 5.91 Å². The highest BCUT2D eigenvalue weighted by molar-refractivity contribution is 5.80. The van der Waals surface area contributed by atoms with Crippen LogP contribution in [0.15, 0.2) is 0 Å². The minimum atomic E-state index is 0.234. The van der Waals surface area contributed by atoms with Crippen molar-refractivity contribution in [3.05, 3.63) is 0 Å². The van der Waals surface area contributed by atoms with Crippen molar-refractivity contribution in [2.75, 3.05) is 39.4 Å². The SMILES string of the molecule is O=C(C1CNC1)N1CCCOCC1. The van der Waals surface area contributed by atoms with Gasteiger partial charge in [0.25, 0.3) is 0 Å². The van der Waals surface area contributed by atoms with Crippen LogP contribution in [0, 0.1) is 5.92 Å². The molecule has 0 radical (unpaired) electrons. The first kappa shape index (κ1) is 8.97. The summed E-state index contributed by atoms with van der Waals surface area (Å²) in [5.74, 6) is 0.544. The molecule has 2 fully saturated rings. The van der Waals surface area contributed by atoms with E-state index in [0.29, 0.717) is 12.5 Å². The normalized spacial score (nSPS) is 25.1. The van der Waals surface area contributed by atoms with Crippen molar-refractivity contribution >= 4 is 5.91 Å². The van der Waals surface area contributed by atoms with Crippen molar-refractivity contribution in [1.29, 1.82) is 0 Å². The zero-order valence-electron chi connectivity index (χ0n) is 7.79. The Kier molecular flexibility index (Phi) is 2.80. The molecule has 0 aromatic heterocycles. The average Bonchev–Trinajstić information content (AvgIpc) is 2.27. The molecule has 0 saturated carbocycles. The molecule has 1 N–H and O–H groups in total. The number of ether oxygens (including phenoxy) is 1. The smallest absolute Gasteiger partial charge is 0.228 e. The molecule has 2 aliphatic heterocycles. The van der Waals surface area contributed by atoms with Crippen LogP contribution in [0.2, 0.25) is 0 Å². The number of nitrogens with one attached hydrogen (secondary N) is 1. The Hall–Kier alpha value is -0.610. The minimum Gasteiger partial charge on any atom is -0.380 e. The van der Waals surface area contributed by atoms with Crippen molar-refractivity contribution in [3.8, 4) is 0 Å². The highest BCUT2D eigenvalue weighted by Gasteiger charge is 2.29. The van der Waals surface area contributed by atoms with Crippen LogP contribution >= 0.6 is 0 Å². The van der Waals surface area contributed by atoms with Crippen molar-refractivity contribution in [2.24, 2.45) is 5.92 Å². The summed E-state index contributed by atoms with van der Waals surface area (Å²) in [7, 11) is 0. The summed E-state index contributed by atoms with van der Waals surface area (Å²) in [6.07, 6.45) is 0.978. The Morgan fingerprint density at radius 1 is 1.31 bits per heavy atom. The monoisotopic (exact) mass is 184 g/mol. The first-order chi connectivity index (χ1) is 6.38. The topological polar surface area (TPSA) is 41.6 Å². The van der Waals surface area contributed by atoms with Gasteiger partial charge in [0.1, 0.15) is 0 Å². The summed E-state index contributed by atoms with van der Waals surface area (Å²) < 4.78 is 5.30. The van der Waals surface area contributed by atoms with Gasteiger partial charge in [-0.1, -0.05) is 0 Å². The van der Waals surface area contributed by atoms with E-state index in [1.54, 1.807) is 0 Å². The van der Waals surface area contributed by atoms with Gasteiger partial charge in [0.05, 0.1) is 12.5 Å². The van der Waals surface area contributed by atoms with Gasteiger partial charge in [0.15, 0.2) is 0 Å². The lowest BCUT2D eigenvalue weighted by Gasteiger charge is -2.31. The van der Waals surface area contributed by atoms with Crippen molar-refractivity contribution in [2.45, 2.75) is 6.42 Å². The van der Waals surface area contributed by atoms with E-state index in [1.165, 1.54) is 0 Å². The standard InChI is InChI=1S/C9H16N2O2/c12-9(8-6-10-7-8)11-2-1-4-13-5-3-11/h8,10H,1-7H2. The molecule has 0 unspecified atom stereocenters. The van der Waals surface area contributed by atoms with Gasteiger partial charge in [-0.3, -0.25) is 4.79 Å². The van der Waals surface area contributed by atoms with Crippen LogP contribution in [0.5, 0.6) is 0 Å². The second kappa shape index (κ2) is 4.07. The number of carbonyl (C=O) groups excluding carboxylic acids is 1. The Morgan fingerprint density at radius 3 is 2.85 bits per heavy atom. The first-order valence-corrected chi connectivity index (χ1v) is 4.95. The van der Waals surface area contributed by atoms with Crippen LogP contribution in [0.4, 0.5) is 0 Å². The lowest BCUT2D eigenvalue weighted by atomic mass is 10.0. The fraction of sp³-hybridized carbons (Fsp3) is 0.889. The number of carbonyl (C=O) groups is 1. The Labute approximate surface area is 78.2 Å². The van der Waals surface area contributed by atoms with E-state index >= 15 is 0 Å². The second-order valence-electron chi connectivity index (χ2n) is 3.65. The Balaban J connectivity index is 1.85. The minimum absolute atomic E-state index is 0.234. The molecule has 2 rings (SSSR count). The molecule has 74 valence electrons. The van der Waals surface area contributed by atoms with Gasteiger partial charge in [-0.05, 0) is 6.42 Å². The molecule has 2 heterocycles. The lowest BCUT2D eigenvalue weighted by Crippen LogP contribution is -2.52. The quantitative estimate of drug-likeness (QED) is 0.595. The highest BCUT2D eigenvalue weighted by Crippen LogP contribution is 2.10.